The van der Waals surface area contributed by atoms with Crippen molar-refractivity contribution < 1.29 is 9.47 Å². The van der Waals surface area contributed by atoms with Crippen molar-refractivity contribution in [3.8, 4) is 0 Å². The molecule has 6 heteroatoms. The monoisotopic (exact) mass is 492 g/mol. The van der Waals surface area contributed by atoms with Crippen LogP contribution in [0.15, 0.2) is 0 Å². The maximum Gasteiger partial charge on any atom is 0.0670 e. The Kier molecular flexibility index (Phi) is 9.25. The number of nitrogens with zero attached hydrogens (tertiary/aromatic N) is 2. The summed E-state index contributed by atoms with van der Waals surface area (Å²) in [6.45, 7) is 21.5. The number of hydrogen-bond acceptors (Lipinski definition) is 6. The molecule has 1 aliphatic carbocycles. The van der Waals surface area contributed by atoms with E-state index in [4.69, 9.17) is 9.47 Å². The molecule has 0 aromatic rings. The first-order valence-electron chi connectivity index (χ1n) is 14.8. The standard InChI is InChI=1S/C29H56N4O2/c1-27(2,3)30-24-11-15-33(22-24)26-12-18-35-29(6,21-26)14-13-28(4,5)31-23-7-9-25(10-8-23)32-16-19-34-20-17-32/h23-26,30-31H,7-22H2,1-6H3/t23?,24-,25?,26?,29?/m1/s1. The molecule has 2 unspecified atom stereocenters. The van der Waals surface area contributed by atoms with E-state index in [-0.39, 0.29) is 16.7 Å². The normalized spacial score (nSPS) is 36.5. The fourth-order valence-corrected chi connectivity index (χ4v) is 7.17. The number of nitrogens with one attached hydrogen (secondary N) is 2. The minimum absolute atomic E-state index is 0.00536. The first-order chi connectivity index (χ1) is 16.5. The van der Waals surface area contributed by atoms with Crippen LogP contribution in [0.1, 0.15) is 99.3 Å². The number of rotatable bonds is 8. The van der Waals surface area contributed by atoms with Gasteiger partial charge in [-0.15, -0.1) is 0 Å². The summed E-state index contributed by atoms with van der Waals surface area (Å²) < 4.78 is 12.0. The molecule has 0 bridgehead atoms. The third-order valence-electron chi connectivity index (χ3n) is 9.07. The van der Waals surface area contributed by atoms with E-state index in [1.807, 2.05) is 0 Å². The van der Waals surface area contributed by atoms with Gasteiger partial charge in [-0.3, -0.25) is 9.80 Å². The Morgan fingerprint density at radius 3 is 2.17 bits per heavy atom. The zero-order chi connectivity index (χ0) is 25.1. The van der Waals surface area contributed by atoms with Gasteiger partial charge in [-0.1, -0.05) is 0 Å². The fourth-order valence-electron chi connectivity index (χ4n) is 7.17. The zero-order valence-electron chi connectivity index (χ0n) is 23.8. The lowest BCUT2D eigenvalue weighted by Gasteiger charge is -2.44. The Bertz CT molecular complexity index is 652. The van der Waals surface area contributed by atoms with Crippen LogP contribution in [0.2, 0.25) is 0 Å². The highest BCUT2D eigenvalue weighted by atomic mass is 16.5. The van der Waals surface area contributed by atoms with E-state index in [1.54, 1.807) is 0 Å². The summed E-state index contributed by atoms with van der Waals surface area (Å²) in [5.74, 6) is 0. The molecule has 4 rings (SSSR count). The largest absolute Gasteiger partial charge is 0.379 e. The summed E-state index contributed by atoms with van der Waals surface area (Å²) in [7, 11) is 0. The maximum absolute atomic E-state index is 6.44. The van der Waals surface area contributed by atoms with Crippen LogP contribution in [0.5, 0.6) is 0 Å². The van der Waals surface area contributed by atoms with E-state index in [2.05, 4.69) is 62.0 Å². The summed E-state index contributed by atoms with van der Waals surface area (Å²) in [5.41, 5.74) is 0.363. The minimum Gasteiger partial charge on any atom is -0.379 e. The van der Waals surface area contributed by atoms with E-state index in [0.717, 1.165) is 45.4 Å². The van der Waals surface area contributed by atoms with Gasteiger partial charge in [-0.25, -0.2) is 0 Å². The smallest absolute Gasteiger partial charge is 0.0670 e. The number of morpholine rings is 1. The minimum atomic E-state index is 0.00536. The molecule has 0 radical (unpaired) electrons. The Hall–Kier alpha value is -0.240. The van der Waals surface area contributed by atoms with Crippen molar-refractivity contribution in [3.05, 3.63) is 0 Å². The lowest BCUT2D eigenvalue weighted by Crippen LogP contribution is -2.52. The summed E-state index contributed by atoms with van der Waals surface area (Å²) in [6.07, 6.45) is 11.2. The van der Waals surface area contributed by atoms with Gasteiger partial charge in [0.2, 0.25) is 0 Å². The Labute approximate surface area is 216 Å². The number of hydrogen-bond donors (Lipinski definition) is 2. The van der Waals surface area contributed by atoms with Crippen molar-refractivity contribution in [2.24, 2.45) is 0 Å². The zero-order valence-corrected chi connectivity index (χ0v) is 23.8. The van der Waals surface area contributed by atoms with Gasteiger partial charge in [0.25, 0.3) is 0 Å². The van der Waals surface area contributed by atoms with Crippen molar-refractivity contribution in [3.63, 3.8) is 0 Å². The summed E-state index contributed by atoms with van der Waals surface area (Å²) in [5, 5.41) is 7.88. The van der Waals surface area contributed by atoms with Crippen LogP contribution >= 0.6 is 0 Å². The highest BCUT2D eigenvalue weighted by Gasteiger charge is 2.40. The lowest BCUT2D eigenvalue weighted by molar-refractivity contribution is -0.100. The molecule has 3 atom stereocenters. The van der Waals surface area contributed by atoms with Gasteiger partial charge in [0.15, 0.2) is 0 Å². The molecule has 0 spiro atoms. The molecule has 4 aliphatic rings. The quantitative estimate of drug-likeness (QED) is 0.530. The molecular formula is C29H56N4O2. The van der Waals surface area contributed by atoms with Crippen molar-refractivity contribution in [2.75, 3.05) is 46.0 Å². The fraction of sp³-hybridized carbons (Fsp3) is 1.00. The molecule has 3 aliphatic heterocycles. The number of likely N-dealkylation sites (tertiary alicyclic amines) is 1. The molecule has 4 fully saturated rings. The van der Waals surface area contributed by atoms with E-state index < -0.39 is 0 Å². The Morgan fingerprint density at radius 1 is 0.771 bits per heavy atom. The van der Waals surface area contributed by atoms with E-state index in [0.29, 0.717) is 18.1 Å². The summed E-state index contributed by atoms with van der Waals surface area (Å²) >= 11 is 0. The van der Waals surface area contributed by atoms with Gasteiger partial charge < -0.3 is 20.1 Å². The SMILES string of the molecule is CC(C)(C)N[C@@H]1CCN(C2CCOC(C)(CCC(C)(C)NC3CCC(N4CCOCC4)CC3)C2)C1. The number of ether oxygens (including phenoxy) is 2. The molecule has 6 nitrogen and oxygen atoms in total. The third-order valence-corrected chi connectivity index (χ3v) is 9.07. The molecule has 0 amide bonds. The third kappa shape index (κ3) is 8.38. The molecule has 0 aromatic carbocycles. The molecule has 35 heavy (non-hydrogen) atoms. The van der Waals surface area contributed by atoms with E-state index in [9.17, 15) is 0 Å². The van der Waals surface area contributed by atoms with Gasteiger partial charge in [-0.2, -0.15) is 0 Å². The van der Waals surface area contributed by atoms with Crippen LogP contribution in [-0.2, 0) is 9.47 Å². The van der Waals surface area contributed by atoms with Crippen molar-refractivity contribution in [1.29, 1.82) is 0 Å². The van der Waals surface area contributed by atoms with Crippen LogP contribution in [-0.4, -0.2) is 96.6 Å². The maximum atomic E-state index is 6.44. The molecule has 1 saturated carbocycles. The summed E-state index contributed by atoms with van der Waals surface area (Å²) in [4.78, 5) is 5.42. The van der Waals surface area contributed by atoms with E-state index >= 15 is 0 Å². The molecule has 2 N–H and O–H groups in total. The molecule has 3 saturated heterocycles. The van der Waals surface area contributed by atoms with Gasteiger partial charge >= 0.3 is 0 Å². The summed E-state index contributed by atoms with van der Waals surface area (Å²) in [6, 6.07) is 2.74. The van der Waals surface area contributed by atoms with Crippen molar-refractivity contribution in [2.45, 2.75) is 140 Å². The van der Waals surface area contributed by atoms with Crippen molar-refractivity contribution in [1.82, 2.24) is 20.4 Å². The second kappa shape index (κ2) is 11.7. The van der Waals surface area contributed by atoms with Gasteiger partial charge in [-0.05, 0) is 99.3 Å². The Morgan fingerprint density at radius 2 is 1.49 bits per heavy atom. The molecular weight excluding hydrogens is 436 g/mol. The van der Waals surface area contributed by atoms with E-state index in [1.165, 1.54) is 64.5 Å². The second-order valence-electron chi connectivity index (χ2n) is 14.0. The lowest BCUT2D eigenvalue weighted by atomic mass is 9.82. The predicted molar refractivity (Wildman–Crippen MR) is 145 cm³/mol. The molecule has 0 aromatic heterocycles. The highest BCUT2D eigenvalue weighted by Crippen LogP contribution is 2.35. The van der Waals surface area contributed by atoms with Crippen LogP contribution in [0, 0.1) is 0 Å². The van der Waals surface area contributed by atoms with Crippen LogP contribution in [0.3, 0.4) is 0 Å². The van der Waals surface area contributed by atoms with Gasteiger partial charge in [0, 0.05) is 68.0 Å². The topological polar surface area (TPSA) is 49.0 Å². The van der Waals surface area contributed by atoms with Gasteiger partial charge in [0.1, 0.15) is 0 Å². The molecule has 3 heterocycles. The van der Waals surface area contributed by atoms with Gasteiger partial charge in [0.05, 0.1) is 18.8 Å². The first kappa shape index (κ1) is 27.8. The average Bonchev–Trinajstić information content (AvgIpc) is 3.26. The predicted octanol–water partition coefficient (Wildman–Crippen LogP) is 4.18. The van der Waals surface area contributed by atoms with Crippen molar-refractivity contribution >= 4 is 0 Å². The van der Waals surface area contributed by atoms with Crippen LogP contribution in [0.25, 0.3) is 0 Å². The Balaban J connectivity index is 1.20. The average molecular weight is 493 g/mol. The van der Waals surface area contributed by atoms with Crippen LogP contribution < -0.4 is 10.6 Å². The second-order valence-corrected chi connectivity index (χ2v) is 14.0. The first-order valence-corrected chi connectivity index (χ1v) is 14.8. The van der Waals surface area contributed by atoms with Crippen LogP contribution in [0.4, 0.5) is 0 Å². The molecule has 204 valence electrons. The highest BCUT2D eigenvalue weighted by molar-refractivity contribution is 4.96.